The minimum atomic E-state index is -4.47. The van der Waals surface area contributed by atoms with Crippen molar-refractivity contribution in [3.63, 3.8) is 0 Å². The molecule has 7 heteroatoms. The zero-order valence-corrected chi connectivity index (χ0v) is 11.6. The average molecular weight is 314 g/mol. The third-order valence-electron chi connectivity index (χ3n) is 2.43. The number of carbonyl (C=O) groups excluding carboxylic acids is 1. The lowest BCUT2D eigenvalue weighted by molar-refractivity contribution is -0.140. The lowest BCUT2D eigenvalue weighted by Gasteiger charge is -2.23. The number of alkyl halides is 4. The van der Waals surface area contributed by atoms with E-state index >= 15 is 0 Å². The zero-order valence-electron chi connectivity index (χ0n) is 10.1. The van der Waals surface area contributed by atoms with Crippen molar-refractivity contribution in [3.05, 3.63) is 34.3 Å². The van der Waals surface area contributed by atoms with Crippen molar-refractivity contribution >= 4 is 29.1 Å². The molecule has 0 radical (unpaired) electrons. The quantitative estimate of drug-likeness (QED) is 0.772. The van der Waals surface area contributed by atoms with E-state index in [2.05, 4.69) is 0 Å². The molecular formula is C12H12Cl2F3NO. The van der Waals surface area contributed by atoms with Crippen molar-refractivity contribution < 1.29 is 18.0 Å². The van der Waals surface area contributed by atoms with Gasteiger partial charge in [-0.25, -0.2) is 0 Å². The first kappa shape index (κ1) is 16.1. The number of rotatable bonds is 4. The summed E-state index contributed by atoms with van der Waals surface area (Å²) in [5.41, 5.74) is 0.682. The Balaban J connectivity index is 3.02. The molecule has 0 aliphatic rings. The number of halogens is 5. The van der Waals surface area contributed by atoms with Crippen LogP contribution in [-0.4, -0.2) is 36.0 Å². The number of hydrogen-bond acceptors (Lipinski definition) is 1. The summed E-state index contributed by atoms with van der Waals surface area (Å²) in [6.07, 6.45) is -4.47. The molecule has 0 unspecified atom stereocenters. The number of nitrogens with zero attached hydrogens (tertiary/aromatic N) is 1. The Kier molecular flexibility index (Phi) is 5.50. The molecule has 0 spiro atoms. The van der Waals surface area contributed by atoms with Crippen molar-refractivity contribution in [2.75, 3.05) is 19.0 Å². The first-order valence-corrected chi connectivity index (χ1v) is 6.34. The topological polar surface area (TPSA) is 20.3 Å². The average Bonchev–Trinajstić information content (AvgIpc) is 2.30. The standard InChI is InChI=1S/C12H12Cl2F3NO/c1-8-3-2-4-9(10(8)14)11(19)18(6-5-13)7-12(15,16)17/h2-4H,5-7H2,1H3. The second kappa shape index (κ2) is 6.48. The van der Waals surface area contributed by atoms with Crippen LogP contribution in [0, 0.1) is 6.92 Å². The SMILES string of the molecule is Cc1cccc(C(=O)N(CCCl)CC(F)(F)F)c1Cl. The Bertz CT molecular complexity index is 463. The van der Waals surface area contributed by atoms with Gasteiger partial charge in [-0.2, -0.15) is 13.2 Å². The highest BCUT2D eigenvalue weighted by Gasteiger charge is 2.33. The van der Waals surface area contributed by atoms with Crippen LogP contribution >= 0.6 is 23.2 Å². The fraction of sp³-hybridized carbons (Fsp3) is 0.417. The highest BCUT2D eigenvalue weighted by Crippen LogP contribution is 2.24. The van der Waals surface area contributed by atoms with Gasteiger partial charge in [-0.05, 0) is 18.6 Å². The van der Waals surface area contributed by atoms with Crippen LogP contribution < -0.4 is 0 Å². The molecule has 0 aliphatic heterocycles. The largest absolute Gasteiger partial charge is 0.406 e. The Morgan fingerprint density at radius 3 is 2.53 bits per heavy atom. The van der Waals surface area contributed by atoms with Crippen molar-refractivity contribution in [1.29, 1.82) is 0 Å². The van der Waals surface area contributed by atoms with E-state index in [1.54, 1.807) is 19.1 Å². The third-order valence-corrected chi connectivity index (χ3v) is 3.10. The molecule has 0 saturated carbocycles. The fourth-order valence-corrected chi connectivity index (χ4v) is 1.96. The first-order chi connectivity index (χ1) is 8.76. The predicted octanol–water partition coefficient (Wildman–Crippen LogP) is 3.89. The molecule has 0 N–H and O–H groups in total. The van der Waals surface area contributed by atoms with Crippen LogP contribution in [0.4, 0.5) is 13.2 Å². The number of aryl methyl sites for hydroxylation is 1. The number of hydrogen-bond donors (Lipinski definition) is 0. The van der Waals surface area contributed by atoms with Crippen molar-refractivity contribution in [3.8, 4) is 0 Å². The molecule has 0 fully saturated rings. The molecule has 0 atom stereocenters. The van der Waals surface area contributed by atoms with Crippen molar-refractivity contribution in [2.24, 2.45) is 0 Å². The first-order valence-electron chi connectivity index (χ1n) is 5.43. The lowest BCUT2D eigenvalue weighted by atomic mass is 10.1. The van der Waals surface area contributed by atoms with E-state index in [4.69, 9.17) is 23.2 Å². The van der Waals surface area contributed by atoms with Gasteiger partial charge in [-0.1, -0.05) is 23.7 Å². The van der Waals surface area contributed by atoms with E-state index in [-0.39, 0.29) is 23.0 Å². The van der Waals surface area contributed by atoms with Crippen LogP contribution in [0.3, 0.4) is 0 Å². The van der Waals surface area contributed by atoms with Gasteiger partial charge < -0.3 is 4.90 Å². The van der Waals surface area contributed by atoms with Crippen LogP contribution in [0.1, 0.15) is 15.9 Å². The minimum Gasteiger partial charge on any atom is -0.328 e. The molecule has 1 aromatic carbocycles. The number of amides is 1. The van der Waals surface area contributed by atoms with Crippen LogP contribution in [0.5, 0.6) is 0 Å². The summed E-state index contributed by atoms with van der Waals surface area (Å²) >= 11 is 11.4. The molecule has 2 nitrogen and oxygen atoms in total. The van der Waals surface area contributed by atoms with Crippen LogP contribution in [-0.2, 0) is 0 Å². The van der Waals surface area contributed by atoms with Crippen molar-refractivity contribution in [1.82, 2.24) is 4.90 Å². The van der Waals surface area contributed by atoms with Gasteiger partial charge in [0.1, 0.15) is 6.54 Å². The van der Waals surface area contributed by atoms with Gasteiger partial charge in [0.2, 0.25) is 0 Å². The molecule has 1 rings (SSSR count). The number of carbonyl (C=O) groups is 1. The smallest absolute Gasteiger partial charge is 0.328 e. The molecule has 0 saturated heterocycles. The van der Waals surface area contributed by atoms with Crippen LogP contribution in [0.25, 0.3) is 0 Å². The van der Waals surface area contributed by atoms with Gasteiger partial charge in [0.25, 0.3) is 5.91 Å². The second-order valence-corrected chi connectivity index (χ2v) is 4.72. The molecule has 0 aliphatic carbocycles. The maximum absolute atomic E-state index is 12.4. The van der Waals surface area contributed by atoms with E-state index in [9.17, 15) is 18.0 Å². The Hall–Kier alpha value is -0.940. The molecular weight excluding hydrogens is 302 g/mol. The summed E-state index contributed by atoms with van der Waals surface area (Å²) in [7, 11) is 0. The van der Waals surface area contributed by atoms with E-state index < -0.39 is 18.6 Å². The Morgan fingerprint density at radius 1 is 1.37 bits per heavy atom. The van der Waals surface area contributed by atoms with E-state index in [0.717, 1.165) is 0 Å². The molecule has 1 aromatic rings. The summed E-state index contributed by atoms with van der Waals surface area (Å²) in [5.74, 6) is -0.850. The highest BCUT2D eigenvalue weighted by molar-refractivity contribution is 6.34. The van der Waals surface area contributed by atoms with Crippen LogP contribution in [0.15, 0.2) is 18.2 Å². The highest BCUT2D eigenvalue weighted by atomic mass is 35.5. The molecule has 0 aromatic heterocycles. The monoisotopic (exact) mass is 313 g/mol. The summed E-state index contributed by atoms with van der Waals surface area (Å²) in [4.78, 5) is 12.7. The Morgan fingerprint density at radius 2 is 2.00 bits per heavy atom. The van der Waals surface area contributed by atoms with Gasteiger partial charge in [-0.3, -0.25) is 4.79 Å². The summed E-state index contributed by atoms with van der Waals surface area (Å²) < 4.78 is 37.2. The predicted molar refractivity (Wildman–Crippen MR) is 68.9 cm³/mol. The van der Waals surface area contributed by atoms with Gasteiger partial charge in [0, 0.05) is 12.4 Å². The molecule has 0 bridgehead atoms. The van der Waals surface area contributed by atoms with E-state index in [1.807, 2.05) is 0 Å². The maximum atomic E-state index is 12.4. The van der Waals surface area contributed by atoms with E-state index in [1.165, 1.54) is 6.07 Å². The summed E-state index contributed by atoms with van der Waals surface area (Å²) in [5, 5.41) is 0.161. The molecule has 0 heterocycles. The molecule has 106 valence electrons. The second-order valence-electron chi connectivity index (χ2n) is 3.97. The Labute approximate surface area is 119 Å². The summed E-state index contributed by atoms with van der Waals surface area (Å²) in [6.45, 7) is 0.141. The fourth-order valence-electron chi connectivity index (χ4n) is 1.55. The zero-order chi connectivity index (χ0) is 14.6. The molecule has 1 amide bonds. The lowest BCUT2D eigenvalue weighted by Crippen LogP contribution is -2.40. The minimum absolute atomic E-state index is 0.0519. The van der Waals surface area contributed by atoms with Gasteiger partial charge in [-0.15, -0.1) is 11.6 Å². The number of benzene rings is 1. The van der Waals surface area contributed by atoms with E-state index in [0.29, 0.717) is 10.5 Å². The van der Waals surface area contributed by atoms with Crippen molar-refractivity contribution in [2.45, 2.75) is 13.1 Å². The van der Waals surface area contributed by atoms with Gasteiger partial charge in [0.15, 0.2) is 0 Å². The maximum Gasteiger partial charge on any atom is 0.406 e. The third kappa shape index (κ3) is 4.58. The van der Waals surface area contributed by atoms with Crippen LogP contribution in [0.2, 0.25) is 5.02 Å². The summed E-state index contributed by atoms with van der Waals surface area (Å²) in [6, 6.07) is 4.64. The normalized spacial score (nSPS) is 11.5. The van der Waals surface area contributed by atoms with Gasteiger partial charge in [0.05, 0.1) is 10.6 Å². The van der Waals surface area contributed by atoms with Gasteiger partial charge >= 0.3 is 6.18 Å². The molecule has 19 heavy (non-hydrogen) atoms.